The predicted molar refractivity (Wildman–Crippen MR) is 144 cm³/mol. The summed E-state index contributed by atoms with van der Waals surface area (Å²) in [6, 6.07) is 18.3. The van der Waals surface area contributed by atoms with Crippen molar-refractivity contribution in [2.45, 2.75) is 50.6 Å². The summed E-state index contributed by atoms with van der Waals surface area (Å²) in [5.41, 5.74) is 4.59. The van der Waals surface area contributed by atoms with Gasteiger partial charge in [0.05, 0.1) is 16.5 Å². The van der Waals surface area contributed by atoms with Crippen LogP contribution in [-0.4, -0.2) is 35.9 Å². The van der Waals surface area contributed by atoms with Crippen LogP contribution < -0.4 is 5.32 Å². The van der Waals surface area contributed by atoms with E-state index >= 15 is 0 Å². The van der Waals surface area contributed by atoms with Crippen molar-refractivity contribution in [3.8, 4) is 11.3 Å². The number of thioether (sulfide) groups is 1. The number of hydrogen-bond donors (Lipinski definition) is 1. The van der Waals surface area contributed by atoms with Crippen molar-refractivity contribution in [3.05, 3.63) is 59.5 Å². The van der Waals surface area contributed by atoms with Crippen molar-refractivity contribution in [2.75, 3.05) is 5.32 Å². The van der Waals surface area contributed by atoms with Gasteiger partial charge >= 0.3 is 0 Å². The Balaban J connectivity index is 1.39. The fourth-order valence-electron chi connectivity index (χ4n) is 4.17. The molecule has 2 aromatic carbocycles. The Kier molecular flexibility index (Phi) is 6.53. The molecule has 0 radical (unpaired) electrons. The molecule has 0 saturated heterocycles. The standard InChI is InChI=1S/C26H26N6OS2/c1-5-20(24(33)29-25-27-21(16(4)34-25)17-11-7-6-8-12-17)35-26-28-23-22(30-31-26)18-13-9-10-14-19(18)32(23)15(2)3/h6-15,20H,5H2,1-4H3,(H,27,29,33). The van der Waals surface area contributed by atoms with E-state index in [-0.39, 0.29) is 17.2 Å². The van der Waals surface area contributed by atoms with Gasteiger partial charge in [-0.2, -0.15) is 0 Å². The number of hydrogen-bond acceptors (Lipinski definition) is 7. The Hall–Kier alpha value is -3.30. The number of aryl methyl sites for hydroxylation is 1. The first-order chi connectivity index (χ1) is 17.0. The average molecular weight is 503 g/mol. The monoisotopic (exact) mass is 502 g/mol. The molecule has 3 aromatic heterocycles. The van der Waals surface area contributed by atoms with Crippen LogP contribution in [0.15, 0.2) is 59.8 Å². The number of thiazole rings is 1. The van der Waals surface area contributed by atoms with E-state index in [1.165, 1.54) is 23.1 Å². The zero-order valence-electron chi connectivity index (χ0n) is 20.0. The number of fused-ring (bicyclic) bond motifs is 3. The molecule has 1 N–H and O–H groups in total. The van der Waals surface area contributed by atoms with Gasteiger partial charge in [-0.15, -0.1) is 21.5 Å². The van der Waals surface area contributed by atoms with Crippen LogP contribution in [0.2, 0.25) is 0 Å². The van der Waals surface area contributed by atoms with Crippen molar-refractivity contribution >= 4 is 56.2 Å². The molecule has 5 rings (SSSR count). The van der Waals surface area contributed by atoms with Crippen LogP contribution in [0.5, 0.6) is 0 Å². The number of para-hydroxylation sites is 1. The van der Waals surface area contributed by atoms with Gasteiger partial charge in [-0.1, -0.05) is 67.2 Å². The van der Waals surface area contributed by atoms with Gasteiger partial charge < -0.3 is 9.88 Å². The number of carbonyl (C=O) groups excluding carboxylic acids is 1. The highest BCUT2D eigenvalue weighted by molar-refractivity contribution is 8.00. The van der Waals surface area contributed by atoms with E-state index in [4.69, 9.17) is 4.98 Å². The zero-order chi connectivity index (χ0) is 24.5. The molecular weight excluding hydrogens is 476 g/mol. The molecule has 0 aliphatic carbocycles. The third kappa shape index (κ3) is 4.53. The molecule has 7 nitrogen and oxygen atoms in total. The first kappa shape index (κ1) is 23.4. The quantitative estimate of drug-likeness (QED) is 0.256. The molecule has 1 amide bonds. The Morgan fingerprint density at radius 2 is 1.80 bits per heavy atom. The van der Waals surface area contributed by atoms with Crippen LogP contribution in [0, 0.1) is 6.92 Å². The normalized spacial score (nSPS) is 12.5. The lowest BCUT2D eigenvalue weighted by molar-refractivity contribution is -0.115. The Morgan fingerprint density at radius 3 is 2.54 bits per heavy atom. The third-order valence-corrected chi connectivity index (χ3v) is 7.90. The number of rotatable bonds is 7. The number of benzene rings is 2. The topological polar surface area (TPSA) is 85.6 Å². The largest absolute Gasteiger partial charge is 0.321 e. The lowest BCUT2D eigenvalue weighted by Crippen LogP contribution is -2.24. The summed E-state index contributed by atoms with van der Waals surface area (Å²) in [6.45, 7) is 8.26. The molecule has 35 heavy (non-hydrogen) atoms. The molecule has 0 bridgehead atoms. The van der Waals surface area contributed by atoms with Gasteiger partial charge in [0.25, 0.3) is 0 Å². The Labute approximate surface area is 212 Å². The van der Waals surface area contributed by atoms with Gasteiger partial charge in [0.2, 0.25) is 11.1 Å². The van der Waals surface area contributed by atoms with E-state index in [1.54, 1.807) is 0 Å². The van der Waals surface area contributed by atoms with Crippen molar-refractivity contribution in [1.82, 2.24) is 24.7 Å². The second kappa shape index (κ2) is 9.75. The minimum atomic E-state index is -0.365. The molecule has 9 heteroatoms. The SMILES string of the molecule is CCC(Sc1nnc2c3ccccc3n(C(C)C)c2n1)C(=O)Nc1nc(-c2ccccc2)c(C)s1. The Bertz CT molecular complexity index is 1510. The molecule has 0 saturated carbocycles. The summed E-state index contributed by atoms with van der Waals surface area (Å²) in [5.74, 6) is -0.112. The summed E-state index contributed by atoms with van der Waals surface area (Å²) in [7, 11) is 0. The number of anilines is 1. The molecule has 0 spiro atoms. The molecular formula is C26H26N6OS2. The summed E-state index contributed by atoms with van der Waals surface area (Å²) < 4.78 is 2.17. The van der Waals surface area contributed by atoms with Gasteiger partial charge in [-0.3, -0.25) is 4.79 Å². The van der Waals surface area contributed by atoms with E-state index in [0.717, 1.165) is 38.2 Å². The van der Waals surface area contributed by atoms with E-state index in [9.17, 15) is 4.79 Å². The minimum Gasteiger partial charge on any atom is -0.321 e. The van der Waals surface area contributed by atoms with Crippen molar-refractivity contribution in [3.63, 3.8) is 0 Å². The van der Waals surface area contributed by atoms with Crippen LogP contribution in [0.3, 0.4) is 0 Å². The fraction of sp³-hybridized carbons (Fsp3) is 0.269. The Morgan fingerprint density at radius 1 is 1.06 bits per heavy atom. The zero-order valence-corrected chi connectivity index (χ0v) is 21.7. The molecule has 1 atom stereocenters. The highest BCUT2D eigenvalue weighted by Crippen LogP contribution is 2.33. The highest BCUT2D eigenvalue weighted by atomic mass is 32.2. The van der Waals surface area contributed by atoms with Gasteiger partial charge in [-0.25, -0.2) is 9.97 Å². The van der Waals surface area contributed by atoms with Gasteiger partial charge in [-0.05, 0) is 33.3 Å². The maximum Gasteiger partial charge on any atom is 0.239 e. The van der Waals surface area contributed by atoms with Crippen LogP contribution in [0.1, 0.15) is 38.1 Å². The van der Waals surface area contributed by atoms with Crippen LogP contribution in [-0.2, 0) is 4.79 Å². The number of nitrogens with one attached hydrogen (secondary N) is 1. The summed E-state index contributed by atoms with van der Waals surface area (Å²) in [5, 5.41) is 13.6. The number of carbonyl (C=O) groups is 1. The summed E-state index contributed by atoms with van der Waals surface area (Å²) >= 11 is 2.82. The molecule has 0 fully saturated rings. The maximum atomic E-state index is 13.1. The van der Waals surface area contributed by atoms with Crippen LogP contribution in [0.4, 0.5) is 5.13 Å². The van der Waals surface area contributed by atoms with Crippen molar-refractivity contribution < 1.29 is 4.79 Å². The molecule has 0 aliphatic rings. The van der Waals surface area contributed by atoms with Crippen molar-refractivity contribution in [2.24, 2.45) is 0 Å². The lowest BCUT2D eigenvalue weighted by Gasteiger charge is -2.13. The van der Waals surface area contributed by atoms with E-state index in [0.29, 0.717) is 16.7 Å². The first-order valence-corrected chi connectivity index (χ1v) is 13.3. The smallest absolute Gasteiger partial charge is 0.239 e. The number of nitrogens with zero attached hydrogens (tertiary/aromatic N) is 5. The molecule has 5 aromatic rings. The second-order valence-electron chi connectivity index (χ2n) is 8.54. The average Bonchev–Trinajstić information content (AvgIpc) is 3.39. The first-order valence-electron chi connectivity index (χ1n) is 11.6. The van der Waals surface area contributed by atoms with Gasteiger partial charge in [0.15, 0.2) is 10.8 Å². The van der Waals surface area contributed by atoms with E-state index in [2.05, 4.69) is 45.0 Å². The van der Waals surface area contributed by atoms with Gasteiger partial charge in [0.1, 0.15) is 5.52 Å². The maximum absolute atomic E-state index is 13.1. The van der Waals surface area contributed by atoms with Crippen LogP contribution >= 0.6 is 23.1 Å². The molecule has 0 aliphatic heterocycles. The number of amides is 1. The van der Waals surface area contributed by atoms with E-state index in [1.807, 2.05) is 62.4 Å². The molecule has 178 valence electrons. The van der Waals surface area contributed by atoms with Crippen molar-refractivity contribution in [1.29, 1.82) is 0 Å². The molecule has 3 heterocycles. The summed E-state index contributed by atoms with van der Waals surface area (Å²) in [6.07, 6.45) is 0.626. The van der Waals surface area contributed by atoms with Gasteiger partial charge in [0, 0.05) is 21.9 Å². The van der Waals surface area contributed by atoms with Crippen LogP contribution in [0.25, 0.3) is 33.3 Å². The second-order valence-corrected chi connectivity index (χ2v) is 10.9. The lowest BCUT2D eigenvalue weighted by atomic mass is 10.1. The van der Waals surface area contributed by atoms with E-state index < -0.39 is 0 Å². The number of aromatic nitrogens is 5. The fourth-order valence-corrected chi connectivity index (χ4v) is 5.82. The third-order valence-electron chi connectivity index (χ3n) is 5.80. The summed E-state index contributed by atoms with van der Waals surface area (Å²) in [4.78, 5) is 23.7. The minimum absolute atomic E-state index is 0.112. The molecule has 1 unspecified atom stereocenters. The predicted octanol–water partition coefficient (Wildman–Crippen LogP) is 6.50. The highest BCUT2D eigenvalue weighted by Gasteiger charge is 2.23.